The smallest absolute Gasteiger partial charge is 0.348 e. The van der Waals surface area contributed by atoms with Gasteiger partial charge in [0.05, 0.1) is 38.2 Å². The Balaban J connectivity index is 1.80. The number of thiazole rings is 1. The van der Waals surface area contributed by atoms with Crippen molar-refractivity contribution in [2.75, 3.05) is 33.3 Å². The highest BCUT2D eigenvalue weighted by Gasteiger charge is 2.26. The maximum Gasteiger partial charge on any atom is 0.348 e. The summed E-state index contributed by atoms with van der Waals surface area (Å²) in [6.07, 6.45) is 0. The third kappa shape index (κ3) is 4.67. The summed E-state index contributed by atoms with van der Waals surface area (Å²) in [7, 11) is 4.46. The second-order valence-electron chi connectivity index (χ2n) is 7.34. The standard InChI is InChI=1S/C25H24N2O6S2/c1-6-33-25(29)21-13(2)19(23-26-15-9-7-8-10-18(15)34-23)24(35-21)27-22(28)14-11-16(30-3)20(32-5)17(12-14)31-4/h7-12H,6H2,1-5H3,(H,27,28). The van der Waals surface area contributed by atoms with Crippen LogP contribution in [-0.2, 0) is 4.74 Å². The largest absolute Gasteiger partial charge is 0.493 e. The lowest BCUT2D eigenvalue weighted by Gasteiger charge is -2.14. The van der Waals surface area contributed by atoms with Crippen molar-refractivity contribution in [3.63, 3.8) is 0 Å². The van der Waals surface area contributed by atoms with E-state index >= 15 is 0 Å². The van der Waals surface area contributed by atoms with Crippen LogP contribution in [0.5, 0.6) is 17.2 Å². The molecule has 0 atom stereocenters. The van der Waals surface area contributed by atoms with Crippen molar-refractivity contribution in [2.45, 2.75) is 13.8 Å². The lowest BCUT2D eigenvalue weighted by Crippen LogP contribution is -2.12. The molecule has 10 heteroatoms. The van der Waals surface area contributed by atoms with Crippen LogP contribution in [0, 0.1) is 6.92 Å². The zero-order valence-electron chi connectivity index (χ0n) is 19.9. The number of nitrogens with zero attached hydrogens (tertiary/aromatic N) is 1. The summed E-state index contributed by atoms with van der Waals surface area (Å²) in [4.78, 5) is 31.1. The van der Waals surface area contributed by atoms with Crippen molar-refractivity contribution >= 4 is 49.8 Å². The van der Waals surface area contributed by atoms with Crippen LogP contribution in [0.15, 0.2) is 36.4 Å². The Labute approximate surface area is 210 Å². The summed E-state index contributed by atoms with van der Waals surface area (Å²) in [6.45, 7) is 3.83. The zero-order chi connectivity index (χ0) is 25.1. The first-order chi connectivity index (χ1) is 16.9. The van der Waals surface area contributed by atoms with E-state index in [2.05, 4.69) is 5.32 Å². The predicted molar refractivity (Wildman–Crippen MR) is 138 cm³/mol. The minimum atomic E-state index is -0.439. The second kappa shape index (κ2) is 10.3. The van der Waals surface area contributed by atoms with Gasteiger partial charge < -0.3 is 24.3 Å². The average molecular weight is 513 g/mol. The molecule has 4 aromatic rings. The molecule has 0 aliphatic heterocycles. The highest BCUT2D eigenvalue weighted by atomic mass is 32.1. The fourth-order valence-electron chi connectivity index (χ4n) is 3.62. The molecular weight excluding hydrogens is 488 g/mol. The number of para-hydroxylation sites is 1. The number of hydrogen-bond acceptors (Lipinski definition) is 9. The highest BCUT2D eigenvalue weighted by molar-refractivity contribution is 7.23. The van der Waals surface area contributed by atoms with Crippen LogP contribution < -0.4 is 19.5 Å². The fourth-order valence-corrected chi connectivity index (χ4v) is 5.85. The van der Waals surface area contributed by atoms with Crippen molar-refractivity contribution in [3.05, 3.63) is 52.4 Å². The van der Waals surface area contributed by atoms with Gasteiger partial charge in [-0.3, -0.25) is 4.79 Å². The first-order valence-corrected chi connectivity index (χ1v) is 12.3. The number of rotatable bonds is 8. The minimum absolute atomic E-state index is 0.250. The first kappa shape index (κ1) is 24.5. The first-order valence-electron chi connectivity index (χ1n) is 10.7. The van der Waals surface area contributed by atoms with Crippen molar-refractivity contribution in [2.24, 2.45) is 0 Å². The van der Waals surface area contributed by atoms with Crippen LogP contribution in [-0.4, -0.2) is 44.8 Å². The second-order valence-corrected chi connectivity index (χ2v) is 9.39. The number of nitrogens with one attached hydrogen (secondary N) is 1. The number of anilines is 1. The summed E-state index contributed by atoms with van der Waals surface area (Å²) in [5, 5.41) is 4.16. The zero-order valence-corrected chi connectivity index (χ0v) is 21.5. The van der Waals surface area contributed by atoms with Crippen LogP contribution in [0.4, 0.5) is 5.00 Å². The molecular formula is C25H24N2O6S2. The van der Waals surface area contributed by atoms with E-state index in [1.807, 2.05) is 31.2 Å². The number of carbonyl (C=O) groups is 2. The number of thiophene rings is 1. The Morgan fingerprint density at radius 2 is 1.69 bits per heavy atom. The third-order valence-corrected chi connectivity index (χ3v) is 7.51. The number of fused-ring (bicyclic) bond motifs is 1. The molecule has 2 heterocycles. The minimum Gasteiger partial charge on any atom is -0.493 e. The molecule has 1 N–H and O–H groups in total. The monoisotopic (exact) mass is 512 g/mol. The molecule has 0 spiro atoms. The lowest BCUT2D eigenvalue weighted by atomic mass is 10.1. The van der Waals surface area contributed by atoms with Gasteiger partial charge in [-0.05, 0) is 43.7 Å². The molecule has 0 fully saturated rings. The number of methoxy groups -OCH3 is 3. The molecule has 0 unspecified atom stereocenters. The van der Waals surface area contributed by atoms with E-state index in [1.54, 1.807) is 19.1 Å². The van der Waals surface area contributed by atoms with Crippen LogP contribution >= 0.6 is 22.7 Å². The Morgan fingerprint density at radius 3 is 2.29 bits per heavy atom. The molecule has 0 aliphatic rings. The summed E-state index contributed by atoms with van der Waals surface area (Å²) >= 11 is 2.66. The normalized spacial score (nSPS) is 10.8. The molecule has 182 valence electrons. The predicted octanol–water partition coefficient (Wildman–Crippen LogP) is 5.79. The fraction of sp³-hybridized carbons (Fsp3) is 0.240. The Kier molecular flexibility index (Phi) is 7.23. The highest BCUT2D eigenvalue weighted by Crippen LogP contribution is 2.44. The summed E-state index contributed by atoms with van der Waals surface area (Å²) < 4.78 is 22.3. The molecule has 0 aliphatic carbocycles. The van der Waals surface area contributed by atoms with E-state index in [0.29, 0.717) is 48.8 Å². The van der Waals surface area contributed by atoms with Gasteiger partial charge in [-0.2, -0.15) is 0 Å². The Bertz CT molecular complexity index is 1350. The number of esters is 1. The van der Waals surface area contributed by atoms with Gasteiger partial charge in [0.1, 0.15) is 14.9 Å². The Morgan fingerprint density at radius 1 is 1.00 bits per heavy atom. The van der Waals surface area contributed by atoms with Crippen molar-refractivity contribution < 1.29 is 28.5 Å². The van der Waals surface area contributed by atoms with Crippen LogP contribution in [0.2, 0.25) is 0 Å². The molecule has 0 radical (unpaired) electrons. The van der Waals surface area contributed by atoms with E-state index in [-0.39, 0.29) is 6.61 Å². The maximum absolute atomic E-state index is 13.3. The van der Waals surface area contributed by atoms with Crippen LogP contribution in [0.3, 0.4) is 0 Å². The lowest BCUT2D eigenvalue weighted by molar-refractivity contribution is 0.0531. The van der Waals surface area contributed by atoms with Gasteiger partial charge in [0, 0.05) is 11.1 Å². The molecule has 35 heavy (non-hydrogen) atoms. The van der Waals surface area contributed by atoms with Crippen LogP contribution in [0.1, 0.15) is 32.5 Å². The molecule has 4 rings (SSSR count). The number of carbonyl (C=O) groups excluding carboxylic acids is 2. The number of ether oxygens (including phenoxy) is 4. The van der Waals surface area contributed by atoms with E-state index in [1.165, 1.54) is 32.7 Å². The molecule has 0 saturated heterocycles. The SMILES string of the molecule is CCOC(=O)c1sc(NC(=O)c2cc(OC)c(OC)c(OC)c2)c(-c2nc3ccccc3s2)c1C. The summed E-state index contributed by atoms with van der Waals surface area (Å²) in [5.74, 6) is 0.267. The van der Waals surface area contributed by atoms with E-state index < -0.39 is 11.9 Å². The van der Waals surface area contributed by atoms with Gasteiger partial charge in [0.2, 0.25) is 5.75 Å². The van der Waals surface area contributed by atoms with E-state index in [0.717, 1.165) is 21.6 Å². The summed E-state index contributed by atoms with van der Waals surface area (Å²) in [5.41, 5.74) is 2.55. The maximum atomic E-state index is 13.3. The third-order valence-electron chi connectivity index (χ3n) is 5.27. The van der Waals surface area contributed by atoms with Crippen LogP contribution in [0.25, 0.3) is 20.8 Å². The van der Waals surface area contributed by atoms with Gasteiger partial charge in [-0.15, -0.1) is 22.7 Å². The number of hydrogen-bond donors (Lipinski definition) is 1. The molecule has 0 bridgehead atoms. The molecule has 8 nitrogen and oxygen atoms in total. The Hall–Kier alpha value is -3.63. The van der Waals surface area contributed by atoms with Gasteiger partial charge in [-0.25, -0.2) is 9.78 Å². The van der Waals surface area contributed by atoms with Crippen molar-refractivity contribution in [1.82, 2.24) is 4.98 Å². The molecule has 1 amide bonds. The molecule has 2 aromatic heterocycles. The topological polar surface area (TPSA) is 96.0 Å². The number of amides is 1. The van der Waals surface area contributed by atoms with E-state index in [9.17, 15) is 9.59 Å². The molecule has 0 saturated carbocycles. The van der Waals surface area contributed by atoms with Crippen molar-refractivity contribution in [3.8, 4) is 27.8 Å². The average Bonchev–Trinajstić information content (AvgIpc) is 3.43. The van der Waals surface area contributed by atoms with Crippen molar-refractivity contribution in [1.29, 1.82) is 0 Å². The van der Waals surface area contributed by atoms with Gasteiger partial charge in [0.25, 0.3) is 5.91 Å². The summed E-state index contributed by atoms with van der Waals surface area (Å²) in [6, 6.07) is 10.9. The van der Waals surface area contributed by atoms with Gasteiger partial charge in [0.15, 0.2) is 11.5 Å². The quantitative estimate of drug-likeness (QED) is 0.299. The molecule has 2 aromatic carbocycles. The number of benzene rings is 2. The van der Waals surface area contributed by atoms with Gasteiger partial charge in [-0.1, -0.05) is 12.1 Å². The van der Waals surface area contributed by atoms with E-state index in [4.69, 9.17) is 23.9 Å². The van der Waals surface area contributed by atoms with Gasteiger partial charge >= 0.3 is 5.97 Å². The number of aromatic nitrogens is 1.